The van der Waals surface area contributed by atoms with Crippen LogP contribution in [0, 0.1) is 0 Å². The van der Waals surface area contributed by atoms with E-state index in [4.69, 9.17) is 9.47 Å². The Kier molecular flexibility index (Phi) is 5.46. The van der Waals surface area contributed by atoms with Crippen molar-refractivity contribution < 1.29 is 14.3 Å². The van der Waals surface area contributed by atoms with Crippen LogP contribution >= 0.6 is 11.3 Å². The van der Waals surface area contributed by atoms with Crippen molar-refractivity contribution in [2.75, 3.05) is 20.2 Å². The van der Waals surface area contributed by atoms with Gasteiger partial charge in [0.2, 0.25) is 0 Å². The summed E-state index contributed by atoms with van der Waals surface area (Å²) in [5.74, 6) is 0.629. The molecular weight excluding hydrogens is 370 g/mol. The highest BCUT2D eigenvalue weighted by Crippen LogP contribution is 2.38. The smallest absolute Gasteiger partial charge is 0.267 e. The summed E-state index contributed by atoms with van der Waals surface area (Å²) in [6, 6.07) is 22.1. The SMILES string of the molecule is COc1cc(-c2ccccc2)sc1C(=O)N1CC(C)OC(c2ccccc2)C1. The topological polar surface area (TPSA) is 38.8 Å². The van der Waals surface area contributed by atoms with E-state index in [-0.39, 0.29) is 18.1 Å². The predicted molar refractivity (Wildman–Crippen MR) is 112 cm³/mol. The lowest BCUT2D eigenvalue weighted by atomic mass is 10.1. The van der Waals surface area contributed by atoms with Crippen molar-refractivity contribution in [3.63, 3.8) is 0 Å². The molecule has 144 valence electrons. The van der Waals surface area contributed by atoms with Gasteiger partial charge in [-0.3, -0.25) is 4.79 Å². The highest BCUT2D eigenvalue weighted by atomic mass is 32.1. The van der Waals surface area contributed by atoms with Gasteiger partial charge < -0.3 is 14.4 Å². The van der Waals surface area contributed by atoms with Crippen LogP contribution in [0.2, 0.25) is 0 Å². The van der Waals surface area contributed by atoms with Gasteiger partial charge in [0.25, 0.3) is 5.91 Å². The first-order valence-electron chi connectivity index (χ1n) is 9.38. The molecule has 1 aliphatic heterocycles. The maximum absolute atomic E-state index is 13.3. The van der Waals surface area contributed by atoms with Crippen molar-refractivity contribution in [3.8, 4) is 16.2 Å². The summed E-state index contributed by atoms with van der Waals surface area (Å²) in [4.78, 5) is 16.9. The molecule has 1 aromatic heterocycles. The van der Waals surface area contributed by atoms with Crippen LogP contribution in [0.15, 0.2) is 66.7 Å². The van der Waals surface area contributed by atoms with Crippen molar-refractivity contribution in [2.24, 2.45) is 0 Å². The number of rotatable bonds is 4. The standard InChI is InChI=1S/C23H23NO3S/c1-16-14-24(15-20(27-16)17-9-5-3-6-10-17)23(25)22-19(26-2)13-21(28-22)18-11-7-4-8-12-18/h3-13,16,20H,14-15H2,1-2H3. The van der Waals surface area contributed by atoms with E-state index < -0.39 is 0 Å². The first kappa shape index (κ1) is 18.7. The minimum absolute atomic E-state index is 0.000104. The molecule has 1 saturated heterocycles. The van der Waals surface area contributed by atoms with Gasteiger partial charge in [-0.1, -0.05) is 60.7 Å². The van der Waals surface area contributed by atoms with Gasteiger partial charge in [0.05, 0.1) is 19.8 Å². The molecule has 28 heavy (non-hydrogen) atoms. The third kappa shape index (κ3) is 3.81. The van der Waals surface area contributed by atoms with Gasteiger partial charge in [-0.25, -0.2) is 0 Å². The molecule has 1 fully saturated rings. The summed E-state index contributed by atoms with van der Waals surface area (Å²) in [6.07, 6.45) is -0.143. The molecule has 0 N–H and O–H groups in total. The van der Waals surface area contributed by atoms with Gasteiger partial charge in [-0.15, -0.1) is 11.3 Å². The van der Waals surface area contributed by atoms with Gasteiger partial charge in [-0.2, -0.15) is 0 Å². The maximum Gasteiger partial charge on any atom is 0.267 e. The molecule has 0 saturated carbocycles. The van der Waals surface area contributed by atoms with Crippen molar-refractivity contribution in [1.29, 1.82) is 0 Å². The monoisotopic (exact) mass is 393 g/mol. The number of hydrogen-bond acceptors (Lipinski definition) is 4. The van der Waals surface area contributed by atoms with E-state index >= 15 is 0 Å². The van der Waals surface area contributed by atoms with E-state index in [1.54, 1.807) is 7.11 Å². The van der Waals surface area contributed by atoms with E-state index in [1.165, 1.54) is 11.3 Å². The Hall–Kier alpha value is -2.63. The molecule has 0 bridgehead atoms. The first-order valence-corrected chi connectivity index (χ1v) is 10.2. The van der Waals surface area contributed by atoms with Crippen LogP contribution in [0.25, 0.3) is 10.4 Å². The Bertz CT molecular complexity index is 939. The number of carbonyl (C=O) groups is 1. The van der Waals surface area contributed by atoms with E-state index in [0.29, 0.717) is 23.7 Å². The molecule has 2 aromatic carbocycles. The third-order valence-corrected chi connectivity index (χ3v) is 6.04. The number of amides is 1. The third-order valence-electron chi connectivity index (χ3n) is 4.89. The van der Waals surface area contributed by atoms with Crippen LogP contribution in [-0.2, 0) is 4.74 Å². The Labute approximate surface area is 169 Å². The van der Waals surface area contributed by atoms with Gasteiger partial charge in [0.15, 0.2) is 0 Å². The average molecular weight is 394 g/mol. The van der Waals surface area contributed by atoms with Gasteiger partial charge in [-0.05, 0) is 24.1 Å². The Morgan fingerprint density at radius 3 is 2.43 bits per heavy atom. The summed E-state index contributed by atoms with van der Waals surface area (Å²) < 4.78 is 11.6. The van der Waals surface area contributed by atoms with Crippen LogP contribution in [0.4, 0.5) is 0 Å². The highest BCUT2D eigenvalue weighted by molar-refractivity contribution is 7.17. The van der Waals surface area contributed by atoms with Crippen molar-refractivity contribution in [3.05, 3.63) is 77.2 Å². The van der Waals surface area contributed by atoms with Crippen LogP contribution in [-0.4, -0.2) is 37.1 Å². The molecule has 4 nitrogen and oxygen atoms in total. The molecule has 5 heteroatoms. The van der Waals surface area contributed by atoms with Crippen LogP contribution < -0.4 is 4.74 Å². The summed E-state index contributed by atoms with van der Waals surface area (Å²) >= 11 is 1.48. The van der Waals surface area contributed by atoms with Crippen molar-refractivity contribution in [1.82, 2.24) is 4.90 Å². The van der Waals surface area contributed by atoms with Gasteiger partial charge in [0.1, 0.15) is 16.7 Å². The lowest BCUT2D eigenvalue weighted by molar-refractivity contribution is -0.0691. The molecule has 1 amide bonds. The quantitative estimate of drug-likeness (QED) is 0.624. The molecule has 1 aliphatic rings. The normalized spacial score (nSPS) is 19.4. The number of morpholine rings is 1. The zero-order valence-corrected chi connectivity index (χ0v) is 16.8. The fourth-order valence-corrected chi connectivity index (χ4v) is 4.63. The number of benzene rings is 2. The first-order chi connectivity index (χ1) is 13.7. The highest BCUT2D eigenvalue weighted by Gasteiger charge is 2.32. The van der Waals surface area contributed by atoms with E-state index in [1.807, 2.05) is 78.6 Å². The second-order valence-corrected chi connectivity index (χ2v) is 7.98. The molecule has 2 heterocycles. The summed E-state index contributed by atoms with van der Waals surface area (Å²) in [7, 11) is 1.61. The van der Waals surface area contributed by atoms with E-state index in [9.17, 15) is 4.79 Å². The molecule has 3 aromatic rings. The van der Waals surface area contributed by atoms with Crippen LogP contribution in [0.3, 0.4) is 0 Å². The molecule has 4 rings (SSSR count). The molecule has 2 atom stereocenters. The van der Waals surface area contributed by atoms with Crippen LogP contribution in [0.5, 0.6) is 5.75 Å². The molecular formula is C23H23NO3S. The van der Waals surface area contributed by atoms with E-state index in [2.05, 4.69) is 0 Å². The predicted octanol–water partition coefficient (Wildman–Crippen LogP) is 5.03. The largest absolute Gasteiger partial charge is 0.495 e. The minimum atomic E-state index is -0.117. The van der Waals surface area contributed by atoms with Gasteiger partial charge in [0, 0.05) is 11.4 Å². The number of carbonyl (C=O) groups excluding carboxylic acids is 1. The number of thiophene rings is 1. The van der Waals surface area contributed by atoms with Gasteiger partial charge >= 0.3 is 0 Å². The molecule has 0 aliphatic carbocycles. The molecule has 0 spiro atoms. The Morgan fingerprint density at radius 1 is 1.07 bits per heavy atom. The fourth-order valence-electron chi connectivity index (χ4n) is 3.53. The Morgan fingerprint density at radius 2 is 1.75 bits per heavy atom. The summed E-state index contributed by atoms with van der Waals surface area (Å²) in [6.45, 7) is 3.12. The molecule has 0 radical (unpaired) electrons. The second-order valence-electron chi connectivity index (χ2n) is 6.93. The van der Waals surface area contributed by atoms with Crippen molar-refractivity contribution >= 4 is 17.2 Å². The number of hydrogen-bond donors (Lipinski definition) is 0. The number of ether oxygens (including phenoxy) is 2. The minimum Gasteiger partial charge on any atom is -0.495 e. The number of nitrogens with zero attached hydrogens (tertiary/aromatic N) is 1. The number of methoxy groups -OCH3 is 1. The summed E-state index contributed by atoms with van der Waals surface area (Å²) in [5, 5.41) is 0. The maximum atomic E-state index is 13.3. The Balaban J connectivity index is 1.61. The van der Waals surface area contributed by atoms with E-state index in [0.717, 1.165) is 16.0 Å². The lowest BCUT2D eigenvalue weighted by Crippen LogP contribution is -2.45. The zero-order valence-electron chi connectivity index (χ0n) is 16.0. The zero-order chi connectivity index (χ0) is 19.5. The van der Waals surface area contributed by atoms with Crippen molar-refractivity contribution in [2.45, 2.75) is 19.1 Å². The average Bonchev–Trinajstić information content (AvgIpc) is 3.18. The molecule has 2 unspecified atom stereocenters. The fraction of sp³-hybridized carbons (Fsp3) is 0.261. The van der Waals surface area contributed by atoms with Crippen LogP contribution in [0.1, 0.15) is 28.3 Å². The second kappa shape index (κ2) is 8.17. The summed E-state index contributed by atoms with van der Waals surface area (Å²) in [5.41, 5.74) is 2.18. The lowest BCUT2D eigenvalue weighted by Gasteiger charge is -2.37.